The summed E-state index contributed by atoms with van der Waals surface area (Å²) >= 11 is 0. The van der Waals surface area contributed by atoms with E-state index < -0.39 is 12.1 Å². The topological polar surface area (TPSA) is 46.5 Å². The molecular weight excluding hydrogens is 131 g/mol. The average molecular weight is 142 g/mol. The number of ether oxygens (including phenoxy) is 1. The Morgan fingerprint density at radius 1 is 1.70 bits per heavy atom. The van der Waals surface area contributed by atoms with Crippen LogP contribution in [0, 0.1) is 0 Å². The second-order valence-electron chi connectivity index (χ2n) is 2.57. The van der Waals surface area contributed by atoms with Crippen LogP contribution >= 0.6 is 0 Å². The molecule has 10 heavy (non-hydrogen) atoms. The summed E-state index contributed by atoms with van der Waals surface area (Å²) in [6.07, 6.45) is 2.14. The molecule has 1 N–H and O–H groups in total. The van der Waals surface area contributed by atoms with E-state index >= 15 is 0 Å². The van der Waals surface area contributed by atoms with Crippen LogP contribution in [0.25, 0.3) is 0 Å². The first-order chi connectivity index (χ1) is 4.74. The minimum atomic E-state index is -0.823. The van der Waals surface area contributed by atoms with Gasteiger partial charge in [-0.3, -0.25) is 0 Å². The summed E-state index contributed by atoms with van der Waals surface area (Å²) in [5.74, 6) is -0.823. The van der Waals surface area contributed by atoms with Gasteiger partial charge in [-0.25, -0.2) is 4.79 Å². The predicted octanol–water partition coefficient (Wildman–Crippen LogP) is -0.330. The molecule has 1 rings (SSSR count). The average Bonchev–Trinajstić information content (AvgIpc) is 2.34. The molecule has 0 spiro atoms. The highest BCUT2D eigenvalue weighted by Gasteiger charge is 2.28. The number of carbonyl (C=O) groups is 1. The molecule has 0 aliphatic carbocycles. The molecule has 0 aromatic heterocycles. The Morgan fingerprint density at radius 2 is 2.40 bits per heavy atom. The molecule has 1 fully saturated rings. The number of carboxylic acid groups (broad SMARTS) is 1. The van der Waals surface area contributed by atoms with E-state index in [1.807, 2.05) is 7.85 Å². The van der Waals surface area contributed by atoms with Crippen LogP contribution in [0.4, 0.5) is 0 Å². The van der Waals surface area contributed by atoms with Gasteiger partial charge in [-0.15, -0.1) is 0 Å². The molecule has 1 heterocycles. The number of rotatable bonds is 2. The van der Waals surface area contributed by atoms with Gasteiger partial charge in [0.15, 0.2) is 6.10 Å². The fourth-order valence-electron chi connectivity index (χ4n) is 1.19. The number of hydrogen-bond donors (Lipinski definition) is 1. The van der Waals surface area contributed by atoms with E-state index in [0.717, 1.165) is 12.7 Å². The first kappa shape index (κ1) is 7.60. The minimum absolute atomic E-state index is 0.182. The van der Waals surface area contributed by atoms with Crippen LogP contribution in [0.2, 0.25) is 6.32 Å². The third kappa shape index (κ3) is 1.50. The molecule has 0 amide bonds. The van der Waals surface area contributed by atoms with Gasteiger partial charge in [0.05, 0.1) is 6.10 Å². The maximum atomic E-state index is 10.3. The predicted molar refractivity (Wildman–Crippen MR) is 38.9 cm³/mol. The normalized spacial score (nSPS) is 32.4. The van der Waals surface area contributed by atoms with Gasteiger partial charge in [0.1, 0.15) is 7.85 Å². The van der Waals surface area contributed by atoms with Crippen molar-refractivity contribution in [1.29, 1.82) is 0 Å². The van der Waals surface area contributed by atoms with Crippen molar-refractivity contribution >= 4 is 13.8 Å². The van der Waals surface area contributed by atoms with Gasteiger partial charge in [-0.05, 0) is 12.8 Å². The Labute approximate surface area is 60.8 Å². The van der Waals surface area contributed by atoms with Gasteiger partial charge >= 0.3 is 5.97 Å². The second-order valence-corrected chi connectivity index (χ2v) is 2.57. The molecule has 1 saturated heterocycles. The van der Waals surface area contributed by atoms with E-state index in [2.05, 4.69) is 0 Å². The molecule has 1 aliphatic heterocycles. The van der Waals surface area contributed by atoms with E-state index in [1.54, 1.807) is 0 Å². The maximum absolute atomic E-state index is 10.3. The van der Waals surface area contributed by atoms with Crippen molar-refractivity contribution in [3.05, 3.63) is 0 Å². The molecule has 0 saturated carbocycles. The van der Waals surface area contributed by atoms with Crippen molar-refractivity contribution in [1.82, 2.24) is 0 Å². The van der Waals surface area contributed by atoms with Crippen LogP contribution in [-0.2, 0) is 9.53 Å². The fraction of sp³-hybridized carbons (Fsp3) is 0.833. The lowest BCUT2D eigenvalue weighted by Crippen LogP contribution is -2.20. The van der Waals surface area contributed by atoms with Crippen LogP contribution in [0.3, 0.4) is 0 Å². The Morgan fingerprint density at radius 3 is 2.70 bits per heavy atom. The Hall–Kier alpha value is -0.505. The molecule has 2 atom stereocenters. The van der Waals surface area contributed by atoms with Gasteiger partial charge in [-0.2, -0.15) is 0 Å². The summed E-state index contributed by atoms with van der Waals surface area (Å²) in [5, 5.41) is 8.50. The summed E-state index contributed by atoms with van der Waals surface area (Å²) < 4.78 is 5.17. The van der Waals surface area contributed by atoms with Crippen molar-refractivity contribution in [3.63, 3.8) is 0 Å². The quantitative estimate of drug-likeness (QED) is 0.537. The Bertz CT molecular complexity index is 137. The summed E-state index contributed by atoms with van der Waals surface area (Å²) in [6.45, 7) is 0. The summed E-state index contributed by atoms with van der Waals surface area (Å²) in [4.78, 5) is 10.3. The molecular formula is C6H11BO3. The number of hydrogen-bond acceptors (Lipinski definition) is 2. The lowest BCUT2D eigenvalue weighted by Gasteiger charge is -2.06. The van der Waals surface area contributed by atoms with E-state index in [9.17, 15) is 4.79 Å². The van der Waals surface area contributed by atoms with Gasteiger partial charge < -0.3 is 9.84 Å². The fourth-order valence-corrected chi connectivity index (χ4v) is 1.19. The zero-order valence-corrected chi connectivity index (χ0v) is 6.04. The third-order valence-corrected chi connectivity index (χ3v) is 1.84. The van der Waals surface area contributed by atoms with Crippen molar-refractivity contribution in [2.75, 3.05) is 0 Å². The number of aliphatic carboxylic acids is 1. The third-order valence-electron chi connectivity index (χ3n) is 1.84. The van der Waals surface area contributed by atoms with Crippen molar-refractivity contribution < 1.29 is 14.6 Å². The van der Waals surface area contributed by atoms with Crippen LogP contribution in [0.5, 0.6) is 0 Å². The van der Waals surface area contributed by atoms with Crippen LogP contribution in [0.1, 0.15) is 12.8 Å². The van der Waals surface area contributed by atoms with E-state index in [4.69, 9.17) is 9.84 Å². The molecule has 2 unspecified atom stereocenters. The molecule has 0 bridgehead atoms. The Balaban J connectivity index is 2.35. The second kappa shape index (κ2) is 3.06. The lowest BCUT2D eigenvalue weighted by atomic mass is 9.98. The molecule has 0 radical (unpaired) electrons. The van der Waals surface area contributed by atoms with Gasteiger partial charge in [0.2, 0.25) is 0 Å². The van der Waals surface area contributed by atoms with Gasteiger partial charge in [0, 0.05) is 0 Å². The van der Waals surface area contributed by atoms with Crippen molar-refractivity contribution in [3.8, 4) is 0 Å². The molecule has 4 heteroatoms. The van der Waals surface area contributed by atoms with E-state index in [0.29, 0.717) is 6.42 Å². The summed E-state index contributed by atoms with van der Waals surface area (Å²) in [6, 6.07) is 0. The molecule has 0 aromatic rings. The van der Waals surface area contributed by atoms with Crippen LogP contribution < -0.4 is 0 Å². The minimum Gasteiger partial charge on any atom is -0.479 e. The Kier molecular flexibility index (Phi) is 2.32. The molecule has 3 nitrogen and oxygen atoms in total. The standard InChI is InChI=1S/C6H11BO3/c7-3-4-1-2-5(10-4)6(8)9/h4-5H,1-3,7H2,(H,8,9). The summed E-state index contributed by atoms with van der Waals surface area (Å²) in [5.41, 5.74) is 0. The maximum Gasteiger partial charge on any atom is 0.332 e. The number of carboxylic acids is 1. The van der Waals surface area contributed by atoms with Crippen molar-refractivity contribution in [2.45, 2.75) is 31.4 Å². The molecule has 1 aliphatic rings. The van der Waals surface area contributed by atoms with Crippen molar-refractivity contribution in [2.24, 2.45) is 0 Å². The summed E-state index contributed by atoms with van der Waals surface area (Å²) in [7, 11) is 2.01. The highest BCUT2D eigenvalue weighted by molar-refractivity contribution is 6.08. The molecule has 56 valence electrons. The van der Waals surface area contributed by atoms with E-state index in [1.165, 1.54) is 0 Å². The van der Waals surface area contributed by atoms with E-state index in [-0.39, 0.29) is 6.10 Å². The van der Waals surface area contributed by atoms with Gasteiger partial charge in [-0.1, -0.05) is 6.32 Å². The van der Waals surface area contributed by atoms with Crippen LogP contribution in [-0.4, -0.2) is 31.1 Å². The van der Waals surface area contributed by atoms with Crippen LogP contribution in [0.15, 0.2) is 0 Å². The zero-order chi connectivity index (χ0) is 7.56. The lowest BCUT2D eigenvalue weighted by molar-refractivity contribution is -0.149. The smallest absolute Gasteiger partial charge is 0.332 e. The van der Waals surface area contributed by atoms with Gasteiger partial charge in [0.25, 0.3) is 0 Å². The first-order valence-electron chi connectivity index (χ1n) is 3.62. The monoisotopic (exact) mass is 142 g/mol. The largest absolute Gasteiger partial charge is 0.479 e. The zero-order valence-electron chi connectivity index (χ0n) is 6.04. The SMILES string of the molecule is BCC1CCC(C(=O)O)O1. The highest BCUT2D eigenvalue weighted by atomic mass is 16.5. The molecule has 0 aromatic carbocycles. The first-order valence-corrected chi connectivity index (χ1v) is 3.62. The highest BCUT2D eigenvalue weighted by Crippen LogP contribution is 2.21.